The molecule has 272 valence electrons. The Bertz CT molecular complexity index is 1450. The van der Waals surface area contributed by atoms with Gasteiger partial charge < -0.3 is 50.4 Å². The number of alkyl halides is 3. The molecule has 0 spiro atoms. The molecule has 0 fully saturated rings. The molecule has 24 heteroatoms. The molecule has 0 unspecified atom stereocenters. The second-order valence-corrected chi connectivity index (χ2v) is 9.18. The molecule has 0 saturated carbocycles. The molecule has 0 bridgehead atoms. The van der Waals surface area contributed by atoms with Gasteiger partial charge in [0.05, 0.1) is 40.0 Å². The highest BCUT2D eigenvalue weighted by molar-refractivity contribution is 6.01. The minimum Gasteiger partial charge on any atom is -0.481 e. The van der Waals surface area contributed by atoms with Crippen LogP contribution in [-0.4, -0.2) is 138 Å². The fourth-order valence-electron chi connectivity index (χ4n) is 3.04. The van der Waals surface area contributed by atoms with Gasteiger partial charge in [0.1, 0.15) is 30.1 Å². The van der Waals surface area contributed by atoms with Crippen LogP contribution in [0.5, 0.6) is 0 Å². The molecule has 21 nitrogen and oxygen atoms in total. The third-order valence-corrected chi connectivity index (χ3v) is 5.36. The van der Waals surface area contributed by atoms with E-state index in [2.05, 4.69) is 46.4 Å². The van der Waals surface area contributed by atoms with Gasteiger partial charge >= 0.3 is 24.1 Å². The molecule has 2 heterocycles. The van der Waals surface area contributed by atoms with Crippen molar-refractivity contribution >= 4 is 53.2 Å². The summed E-state index contributed by atoms with van der Waals surface area (Å²) in [4.78, 5) is 81.5. The first kappa shape index (κ1) is 41.4. The maximum atomic E-state index is 12.6. The topological polar surface area (TPSA) is 302 Å². The van der Waals surface area contributed by atoms with Crippen LogP contribution in [0.25, 0.3) is 0 Å². The summed E-state index contributed by atoms with van der Waals surface area (Å²) in [5.74, 6) is -8.12. The molecular formula is C25H33F3N8O13. The van der Waals surface area contributed by atoms with Crippen molar-refractivity contribution in [2.75, 3.05) is 57.9 Å². The predicted octanol–water partition coefficient (Wildman–Crippen LogP) is -1.11. The number of aromatic amines is 2. The first-order valence-corrected chi connectivity index (χ1v) is 13.6. The molecular weight excluding hydrogens is 677 g/mol. The van der Waals surface area contributed by atoms with E-state index in [1.807, 2.05) is 0 Å². The SMILES string of the molecule is COCCOCCOCC(=O)Nc1cc(C(=O)N[C@@H](C)C(=O)N[C@@H](CC(=O)O)C(=O)Nc2cc(C(=O)OC)[nH]n2)[nH]n1.O=C(O)C(F)(F)F. The number of amides is 4. The highest BCUT2D eigenvalue weighted by Crippen LogP contribution is 2.13. The normalized spacial score (nSPS) is 12.0. The Morgan fingerprint density at radius 1 is 0.837 bits per heavy atom. The van der Waals surface area contributed by atoms with E-state index in [1.54, 1.807) is 7.11 Å². The number of ether oxygens (including phenoxy) is 4. The summed E-state index contributed by atoms with van der Waals surface area (Å²) in [6.07, 6.45) is -5.87. The van der Waals surface area contributed by atoms with Crippen LogP contribution in [0.1, 0.15) is 34.3 Å². The van der Waals surface area contributed by atoms with E-state index in [0.717, 1.165) is 13.2 Å². The molecule has 2 aromatic heterocycles. The number of nitrogens with zero attached hydrogens (tertiary/aromatic N) is 2. The van der Waals surface area contributed by atoms with Gasteiger partial charge in [-0.05, 0) is 6.92 Å². The number of esters is 1. The third kappa shape index (κ3) is 16.2. The zero-order chi connectivity index (χ0) is 37.1. The van der Waals surface area contributed by atoms with Crippen LogP contribution in [0.15, 0.2) is 12.1 Å². The molecule has 0 saturated heterocycles. The largest absolute Gasteiger partial charge is 0.490 e. The van der Waals surface area contributed by atoms with E-state index in [1.165, 1.54) is 13.0 Å². The van der Waals surface area contributed by atoms with Gasteiger partial charge in [-0.3, -0.25) is 34.2 Å². The molecule has 2 atom stereocenters. The Morgan fingerprint density at radius 2 is 1.39 bits per heavy atom. The summed E-state index contributed by atoms with van der Waals surface area (Å²) >= 11 is 0. The summed E-state index contributed by atoms with van der Waals surface area (Å²) in [6.45, 7) is 2.31. The van der Waals surface area contributed by atoms with Gasteiger partial charge in [0, 0.05) is 19.2 Å². The van der Waals surface area contributed by atoms with Gasteiger partial charge in [0.15, 0.2) is 11.6 Å². The maximum Gasteiger partial charge on any atom is 0.490 e. The van der Waals surface area contributed by atoms with E-state index < -0.39 is 66.2 Å². The van der Waals surface area contributed by atoms with Gasteiger partial charge in [-0.1, -0.05) is 0 Å². The number of carboxylic acids is 2. The zero-order valence-corrected chi connectivity index (χ0v) is 26.0. The molecule has 2 aromatic rings. The second kappa shape index (κ2) is 20.6. The average Bonchev–Trinajstić information content (AvgIpc) is 3.69. The number of hydrogen-bond acceptors (Lipinski definition) is 13. The fraction of sp³-hybridized carbons (Fsp3) is 0.480. The van der Waals surface area contributed by atoms with Crippen molar-refractivity contribution in [3.63, 3.8) is 0 Å². The average molecular weight is 711 g/mol. The maximum absolute atomic E-state index is 12.6. The van der Waals surface area contributed by atoms with Crippen molar-refractivity contribution in [2.45, 2.75) is 31.6 Å². The molecule has 8 N–H and O–H groups in total. The fourth-order valence-corrected chi connectivity index (χ4v) is 3.04. The van der Waals surface area contributed by atoms with Gasteiger partial charge in [0.2, 0.25) is 11.8 Å². The summed E-state index contributed by atoms with van der Waals surface area (Å²) in [5.41, 5.74) is -0.172. The number of carboxylic acid groups (broad SMARTS) is 2. The Hall–Kier alpha value is -5.62. The Morgan fingerprint density at radius 3 is 1.96 bits per heavy atom. The quantitative estimate of drug-likeness (QED) is 0.0672. The van der Waals surface area contributed by atoms with Gasteiger partial charge in [-0.25, -0.2) is 9.59 Å². The molecule has 0 aliphatic heterocycles. The van der Waals surface area contributed by atoms with Crippen LogP contribution in [0, 0.1) is 0 Å². The number of H-pyrrole nitrogens is 2. The summed E-state index contributed by atoms with van der Waals surface area (Å²) in [7, 11) is 2.69. The molecule has 0 aliphatic rings. The number of halogens is 3. The number of anilines is 2. The van der Waals surface area contributed by atoms with E-state index in [4.69, 9.17) is 24.1 Å². The number of carbonyl (C=O) groups is 7. The first-order valence-electron chi connectivity index (χ1n) is 13.6. The van der Waals surface area contributed by atoms with Crippen molar-refractivity contribution in [1.29, 1.82) is 0 Å². The Labute approximate surface area is 273 Å². The van der Waals surface area contributed by atoms with Crippen LogP contribution < -0.4 is 21.3 Å². The minimum atomic E-state index is -5.08. The van der Waals surface area contributed by atoms with Gasteiger partial charge in [-0.15, -0.1) is 0 Å². The van der Waals surface area contributed by atoms with E-state index >= 15 is 0 Å². The monoisotopic (exact) mass is 710 g/mol. The van der Waals surface area contributed by atoms with Crippen LogP contribution in [0.2, 0.25) is 0 Å². The number of hydrogen-bond donors (Lipinski definition) is 8. The van der Waals surface area contributed by atoms with Crippen LogP contribution in [0.4, 0.5) is 24.8 Å². The van der Waals surface area contributed by atoms with E-state index in [0.29, 0.717) is 13.2 Å². The van der Waals surface area contributed by atoms with E-state index in [-0.39, 0.29) is 42.8 Å². The van der Waals surface area contributed by atoms with Crippen molar-refractivity contribution in [3.8, 4) is 0 Å². The van der Waals surface area contributed by atoms with E-state index in [9.17, 15) is 47.0 Å². The first-order chi connectivity index (χ1) is 23.0. The summed E-state index contributed by atoms with van der Waals surface area (Å²) in [6, 6.07) is -0.403. The van der Waals surface area contributed by atoms with Gasteiger partial charge in [0.25, 0.3) is 11.8 Å². The molecule has 0 radical (unpaired) electrons. The van der Waals surface area contributed by atoms with Gasteiger partial charge in [-0.2, -0.15) is 23.4 Å². The van der Waals surface area contributed by atoms with Crippen molar-refractivity contribution in [1.82, 2.24) is 31.0 Å². The lowest BCUT2D eigenvalue weighted by Crippen LogP contribution is -2.52. The standard InChI is InChI=1S/C23H32N8O11.C2HF3O2/c1-12(20(35)25-13(10-19(33)34)21(36)27-17-9-15(29-31-17)23(38)40-3)24-22(37)14-8-16(30-28-14)26-18(32)11-42-7-6-41-5-4-39-2;3-2(4,5)1(6)7/h8-9,12-13H,4-7,10-11H2,1-3H3,(H,24,37)(H,25,35)(H,33,34)(H2,26,28,30,32)(H2,27,29,31,36);(H,6,7)/t12-,13-;/m0./s1. The number of rotatable bonds is 18. The lowest BCUT2D eigenvalue weighted by Gasteiger charge is -2.19. The molecule has 0 aromatic carbocycles. The number of aromatic nitrogens is 4. The van der Waals surface area contributed by atoms with Crippen LogP contribution in [-0.2, 0) is 42.9 Å². The number of carbonyl (C=O) groups excluding carboxylic acids is 5. The Balaban J connectivity index is 0.00000154. The molecule has 49 heavy (non-hydrogen) atoms. The number of aliphatic carboxylic acids is 2. The summed E-state index contributed by atoms with van der Waals surface area (Å²) < 4.78 is 51.5. The second-order valence-electron chi connectivity index (χ2n) is 9.18. The highest BCUT2D eigenvalue weighted by atomic mass is 19.4. The zero-order valence-electron chi connectivity index (χ0n) is 26.0. The van der Waals surface area contributed by atoms with Crippen molar-refractivity contribution in [2.24, 2.45) is 0 Å². The number of nitrogens with one attached hydrogen (secondary N) is 6. The minimum absolute atomic E-state index is 0.0223. The highest BCUT2D eigenvalue weighted by Gasteiger charge is 2.38. The third-order valence-electron chi connectivity index (χ3n) is 5.36. The molecule has 4 amide bonds. The Kier molecular flexibility index (Phi) is 17.4. The lowest BCUT2D eigenvalue weighted by atomic mass is 10.1. The molecule has 2 rings (SSSR count). The summed E-state index contributed by atoms with van der Waals surface area (Å²) in [5, 5.41) is 37.9. The smallest absolute Gasteiger partial charge is 0.481 e. The van der Waals surface area contributed by atoms with Crippen molar-refractivity contribution in [3.05, 3.63) is 23.5 Å². The van der Waals surface area contributed by atoms with Crippen LogP contribution >= 0.6 is 0 Å². The lowest BCUT2D eigenvalue weighted by molar-refractivity contribution is -0.192. The van der Waals surface area contributed by atoms with Crippen molar-refractivity contribution < 1.29 is 75.9 Å². The van der Waals surface area contributed by atoms with Crippen LogP contribution in [0.3, 0.4) is 0 Å². The number of methoxy groups -OCH3 is 2. The predicted molar refractivity (Wildman–Crippen MR) is 154 cm³/mol. The molecule has 0 aliphatic carbocycles.